The van der Waals surface area contributed by atoms with E-state index in [1.54, 1.807) is 0 Å². The predicted octanol–water partition coefficient (Wildman–Crippen LogP) is 5.76. The Kier molecular flexibility index (Phi) is 3.43. The van der Waals surface area contributed by atoms with Crippen LogP contribution in [0.25, 0.3) is 33.5 Å². The van der Waals surface area contributed by atoms with E-state index in [9.17, 15) is 0 Å². The van der Waals surface area contributed by atoms with Gasteiger partial charge in [0, 0.05) is 41.1 Å². The molecule has 1 atom stereocenters. The second kappa shape index (κ2) is 6.24. The molecule has 5 heterocycles. The third-order valence-electron chi connectivity index (χ3n) is 8.45. The van der Waals surface area contributed by atoms with Crippen LogP contribution < -0.4 is 9.13 Å². The van der Waals surface area contributed by atoms with E-state index in [1.807, 2.05) is 0 Å². The predicted molar refractivity (Wildman–Crippen MR) is 132 cm³/mol. The summed E-state index contributed by atoms with van der Waals surface area (Å²) in [6.45, 7) is 4.44. The lowest BCUT2D eigenvalue weighted by molar-refractivity contribution is -0.955. The van der Waals surface area contributed by atoms with Gasteiger partial charge in [-0.15, -0.1) is 9.13 Å². The molecule has 3 aliphatic rings. The highest BCUT2D eigenvalue weighted by Crippen LogP contribution is 2.50. The number of aromatic nitrogens is 2. The Balaban J connectivity index is 1.60. The van der Waals surface area contributed by atoms with Crippen molar-refractivity contribution < 1.29 is 13.6 Å². The molecular formula is C31H26N2O+2. The van der Waals surface area contributed by atoms with Crippen molar-refractivity contribution in [1.29, 1.82) is 0 Å². The van der Waals surface area contributed by atoms with E-state index < -0.39 is 5.66 Å². The molecule has 3 nitrogen and oxygen atoms in total. The standard InChI is InChI=1S/C31H26N2O/c1-19-17-27-29-25(15-14-22-21-9-4-6-13-28(21)34-30(22)29)31(33(27)18-20(19)2)24-11-5-3-10-23(24)26-12-7-8-16-32(26)31/h3,5,7-8,10-12,14-18H,4,6,9,13H2,1-2H3/q+2. The topological polar surface area (TPSA) is 20.9 Å². The highest BCUT2D eigenvalue weighted by atomic mass is 16.3. The lowest BCUT2D eigenvalue weighted by Gasteiger charge is -2.17. The van der Waals surface area contributed by atoms with Crippen molar-refractivity contribution in [2.24, 2.45) is 0 Å². The Bertz CT molecular complexity index is 1640. The number of pyridine rings is 2. The average Bonchev–Trinajstić information content (AvgIpc) is 3.48. The Morgan fingerprint density at radius 2 is 1.65 bits per heavy atom. The van der Waals surface area contributed by atoms with Crippen LogP contribution >= 0.6 is 0 Å². The third-order valence-corrected chi connectivity index (χ3v) is 8.45. The van der Waals surface area contributed by atoms with Crippen molar-refractivity contribution in [3.63, 3.8) is 0 Å². The first-order valence-corrected chi connectivity index (χ1v) is 12.4. The second-order valence-electron chi connectivity index (χ2n) is 10.1. The van der Waals surface area contributed by atoms with Gasteiger partial charge in [0.25, 0.3) is 0 Å². The SMILES string of the molecule is Cc1cc2[n+](cc1C)C1(c3ccccc3-c3cccc[n+]31)c1ccc3c4c(oc3c1-2)CCCC4. The molecule has 0 radical (unpaired) electrons. The molecule has 3 heteroatoms. The molecule has 1 aliphatic carbocycles. The number of hydrogen-bond donors (Lipinski definition) is 0. The van der Waals surface area contributed by atoms with Gasteiger partial charge in [0.2, 0.25) is 11.4 Å². The van der Waals surface area contributed by atoms with Crippen LogP contribution in [0, 0.1) is 13.8 Å². The summed E-state index contributed by atoms with van der Waals surface area (Å²) in [5.74, 6) is 1.20. The lowest BCUT2D eigenvalue weighted by Crippen LogP contribution is -2.71. The van der Waals surface area contributed by atoms with Crippen molar-refractivity contribution in [2.75, 3.05) is 0 Å². The van der Waals surface area contributed by atoms with Gasteiger partial charge in [-0.2, -0.15) is 0 Å². The maximum absolute atomic E-state index is 6.72. The minimum Gasteiger partial charge on any atom is -0.460 e. The summed E-state index contributed by atoms with van der Waals surface area (Å²) < 4.78 is 11.7. The first-order chi connectivity index (χ1) is 16.7. The Morgan fingerprint density at radius 1 is 0.794 bits per heavy atom. The zero-order valence-electron chi connectivity index (χ0n) is 19.6. The molecule has 2 aromatic carbocycles. The monoisotopic (exact) mass is 442 g/mol. The largest absolute Gasteiger partial charge is 0.460 e. The van der Waals surface area contributed by atoms with Gasteiger partial charge in [-0.3, -0.25) is 0 Å². The molecule has 1 unspecified atom stereocenters. The summed E-state index contributed by atoms with van der Waals surface area (Å²) in [7, 11) is 0. The number of benzene rings is 2. The summed E-state index contributed by atoms with van der Waals surface area (Å²) >= 11 is 0. The minimum atomic E-state index is -0.461. The molecule has 1 spiro atoms. The van der Waals surface area contributed by atoms with Crippen LogP contribution in [0.2, 0.25) is 0 Å². The van der Waals surface area contributed by atoms with Crippen LogP contribution in [-0.2, 0) is 18.5 Å². The zero-order valence-corrected chi connectivity index (χ0v) is 19.6. The van der Waals surface area contributed by atoms with Gasteiger partial charge in [-0.1, -0.05) is 12.1 Å². The number of hydrogen-bond acceptors (Lipinski definition) is 1. The van der Waals surface area contributed by atoms with E-state index >= 15 is 0 Å². The normalized spacial score (nSPS) is 19.1. The number of aryl methyl sites for hydroxylation is 4. The van der Waals surface area contributed by atoms with Crippen molar-refractivity contribution >= 4 is 11.0 Å². The first kappa shape index (κ1) is 18.7. The Labute approximate surface area is 198 Å². The minimum absolute atomic E-state index is 0.461. The Hall–Kier alpha value is -3.72. The van der Waals surface area contributed by atoms with Gasteiger partial charge >= 0.3 is 5.66 Å². The quantitative estimate of drug-likeness (QED) is 0.274. The lowest BCUT2D eigenvalue weighted by atomic mass is 9.88. The summed E-state index contributed by atoms with van der Waals surface area (Å²) in [6.07, 6.45) is 9.25. The summed E-state index contributed by atoms with van der Waals surface area (Å²) in [5, 5.41) is 1.31. The Morgan fingerprint density at radius 3 is 2.59 bits per heavy atom. The van der Waals surface area contributed by atoms with Crippen molar-refractivity contribution in [1.82, 2.24) is 0 Å². The second-order valence-corrected chi connectivity index (χ2v) is 10.1. The zero-order chi connectivity index (χ0) is 22.6. The maximum Gasteiger partial charge on any atom is 0.417 e. The first-order valence-electron chi connectivity index (χ1n) is 12.4. The van der Waals surface area contributed by atoms with Gasteiger partial charge in [-0.05, 0) is 69.0 Å². The van der Waals surface area contributed by atoms with Gasteiger partial charge in [-0.25, -0.2) is 0 Å². The average molecular weight is 443 g/mol. The molecule has 5 aromatic rings. The van der Waals surface area contributed by atoms with Gasteiger partial charge < -0.3 is 4.42 Å². The summed E-state index contributed by atoms with van der Waals surface area (Å²) in [6, 6.07) is 22.5. The smallest absolute Gasteiger partial charge is 0.417 e. The molecule has 0 saturated carbocycles. The third kappa shape index (κ3) is 2.01. The highest BCUT2D eigenvalue weighted by Gasteiger charge is 2.67. The number of rotatable bonds is 0. The van der Waals surface area contributed by atoms with Crippen molar-refractivity contribution in [2.45, 2.75) is 45.2 Å². The van der Waals surface area contributed by atoms with E-state index in [1.165, 1.54) is 74.3 Å². The molecule has 34 heavy (non-hydrogen) atoms. The molecule has 164 valence electrons. The van der Waals surface area contributed by atoms with E-state index in [-0.39, 0.29) is 0 Å². The van der Waals surface area contributed by atoms with Crippen LogP contribution in [-0.4, -0.2) is 0 Å². The molecule has 0 fully saturated rings. The molecule has 0 saturated heterocycles. The van der Waals surface area contributed by atoms with Crippen molar-refractivity contribution in [3.05, 3.63) is 107 Å². The molecule has 8 rings (SSSR count). The van der Waals surface area contributed by atoms with Crippen LogP contribution in [0.4, 0.5) is 0 Å². The number of nitrogens with zero attached hydrogens (tertiary/aromatic N) is 2. The van der Waals surface area contributed by atoms with Crippen LogP contribution in [0.3, 0.4) is 0 Å². The molecule has 0 amide bonds. The molecule has 3 aromatic heterocycles. The fourth-order valence-corrected chi connectivity index (χ4v) is 6.82. The van der Waals surface area contributed by atoms with E-state index in [0.29, 0.717) is 0 Å². The van der Waals surface area contributed by atoms with Gasteiger partial charge in [0.15, 0.2) is 12.4 Å². The highest BCUT2D eigenvalue weighted by molar-refractivity contribution is 5.97. The number of fused-ring (bicyclic) bond motifs is 14. The van der Waals surface area contributed by atoms with Crippen molar-refractivity contribution in [3.8, 4) is 22.5 Å². The fourth-order valence-electron chi connectivity index (χ4n) is 6.82. The molecular weight excluding hydrogens is 416 g/mol. The van der Waals surface area contributed by atoms with E-state index in [2.05, 4.69) is 96.0 Å². The van der Waals surface area contributed by atoms with E-state index in [0.717, 1.165) is 18.4 Å². The van der Waals surface area contributed by atoms with Gasteiger partial charge in [0.05, 0.1) is 5.56 Å². The summed E-state index contributed by atoms with van der Waals surface area (Å²) in [4.78, 5) is 0. The summed E-state index contributed by atoms with van der Waals surface area (Å²) in [5.41, 5.74) is 12.3. The van der Waals surface area contributed by atoms with E-state index in [4.69, 9.17) is 4.42 Å². The molecule has 2 aliphatic heterocycles. The fraction of sp³-hybridized carbons (Fsp3) is 0.226. The van der Waals surface area contributed by atoms with Crippen LogP contribution in [0.5, 0.6) is 0 Å². The molecule has 0 bridgehead atoms. The molecule has 0 N–H and O–H groups in total. The van der Waals surface area contributed by atoms with Crippen LogP contribution in [0.15, 0.2) is 77.5 Å². The number of furan rings is 1. The van der Waals surface area contributed by atoms with Crippen LogP contribution in [0.1, 0.15) is 46.4 Å². The van der Waals surface area contributed by atoms with Gasteiger partial charge in [0.1, 0.15) is 28.0 Å². The maximum atomic E-state index is 6.72.